The molecule has 0 aromatic heterocycles. The first-order valence-electron chi connectivity index (χ1n) is 5.61. The van der Waals surface area contributed by atoms with E-state index in [1.54, 1.807) is 0 Å². The van der Waals surface area contributed by atoms with Gasteiger partial charge in [0.05, 0.1) is 0 Å². The summed E-state index contributed by atoms with van der Waals surface area (Å²) in [6.07, 6.45) is 3.94. The zero-order valence-corrected chi connectivity index (χ0v) is 10.4. The lowest BCUT2D eigenvalue weighted by atomic mass is 9.89. The highest BCUT2D eigenvalue weighted by molar-refractivity contribution is 7.80. The van der Waals surface area contributed by atoms with Crippen LogP contribution in [0, 0.1) is 11.8 Å². The van der Waals surface area contributed by atoms with Crippen molar-refractivity contribution in [1.29, 1.82) is 0 Å². The van der Waals surface area contributed by atoms with Crippen molar-refractivity contribution < 1.29 is 0 Å². The lowest BCUT2D eigenvalue weighted by Crippen LogP contribution is -2.38. The van der Waals surface area contributed by atoms with E-state index in [0.29, 0.717) is 0 Å². The van der Waals surface area contributed by atoms with Crippen LogP contribution < -0.4 is 5.32 Å². The van der Waals surface area contributed by atoms with E-state index >= 15 is 0 Å². The average Bonchev–Trinajstić information content (AvgIpc) is 2.41. The summed E-state index contributed by atoms with van der Waals surface area (Å²) in [6.45, 7) is 6.92. The molecule has 14 heavy (non-hydrogen) atoms. The molecule has 1 aliphatic heterocycles. The molecule has 1 saturated heterocycles. The van der Waals surface area contributed by atoms with Gasteiger partial charge in [0.2, 0.25) is 0 Å². The lowest BCUT2D eigenvalue weighted by Gasteiger charge is -2.23. The fourth-order valence-electron chi connectivity index (χ4n) is 2.15. The number of likely N-dealkylation sites (tertiary alicyclic amines) is 1. The van der Waals surface area contributed by atoms with E-state index in [1.165, 1.54) is 19.3 Å². The molecule has 0 aromatic rings. The molecule has 1 N–H and O–H groups in total. The predicted octanol–water partition coefficient (Wildman–Crippen LogP) is 2.25. The Morgan fingerprint density at radius 2 is 2.07 bits per heavy atom. The van der Waals surface area contributed by atoms with Gasteiger partial charge in [0, 0.05) is 20.1 Å². The van der Waals surface area contributed by atoms with Crippen molar-refractivity contribution in [2.45, 2.75) is 33.1 Å². The van der Waals surface area contributed by atoms with Gasteiger partial charge in [0.25, 0.3) is 0 Å². The Kier molecular flexibility index (Phi) is 4.66. The monoisotopic (exact) mass is 214 g/mol. The van der Waals surface area contributed by atoms with Gasteiger partial charge in [0.15, 0.2) is 5.11 Å². The topological polar surface area (TPSA) is 15.3 Å². The molecule has 1 unspecified atom stereocenters. The smallest absolute Gasteiger partial charge is 0.168 e. The number of rotatable bonds is 1. The van der Waals surface area contributed by atoms with Crippen LogP contribution in [-0.2, 0) is 0 Å². The van der Waals surface area contributed by atoms with E-state index < -0.39 is 0 Å². The SMILES string of the molecule is CNC(=S)N1CCCC(C(C)C)CC1. The van der Waals surface area contributed by atoms with Crippen LogP contribution in [0.25, 0.3) is 0 Å². The van der Waals surface area contributed by atoms with Crippen molar-refractivity contribution in [1.82, 2.24) is 10.2 Å². The van der Waals surface area contributed by atoms with Crippen LogP contribution in [0.2, 0.25) is 0 Å². The maximum atomic E-state index is 5.25. The minimum atomic E-state index is 0.818. The average molecular weight is 214 g/mol. The third-order valence-electron chi connectivity index (χ3n) is 3.22. The van der Waals surface area contributed by atoms with Crippen LogP contribution >= 0.6 is 12.2 Å². The minimum Gasteiger partial charge on any atom is -0.366 e. The third kappa shape index (κ3) is 3.12. The number of nitrogens with zero attached hydrogens (tertiary/aromatic N) is 1. The van der Waals surface area contributed by atoms with Gasteiger partial charge in [-0.15, -0.1) is 0 Å². The second-order valence-corrected chi connectivity index (χ2v) is 4.86. The summed E-state index contributed by atoms with van der Waals surface area (Å²) in [5.74, 6) is 1.71. The van der Waals surface area contributed by atoms with Crippen molar-refractivity contribution in [3.8, 4) is 0 Å². The lowest BCUT2D eigenvalue weighted by molar-refractivity contribution is 0.339. The highest BCUT2D eigenvalue weighted by Crippen LogP contribution is 2.24. The van der Waals surface area contributed by atoms with Crippen molar-refractivity contribution in [3.05, 3.63) is 0 Å². The number of hydrogen-bond donors (Lipinski definition) is 1. The van der Waals surface area contributed by atoms with Crippen molar-refractivity contribution >= 4 is 17.3 Å². The van der Waals surface area contributed by atoms with Gasteiger partial charge in [-0.2, -0.15) is 0 Å². The summed E-state index contributed by atoms with van der Waals surface area (Å²) in [5.41, 5.74) is 0. The van der Waals surface area contributed by atoms with Crippen LogP contribution in [0.5, 0.6) is 0 Å². The molecule has 1 aliphatic rings. The molecule has 0 bridgehead atoms. The molecular weight excluding hydrogens is 192 g/mol. The highest BCUT2D eigenvalue weighted by Gasteiger charge is 2.19. The van der Waals surface area contributed by atoms with Crippen LogP contribution in [0.4, 0.5) is 0 Å². The summed E-state index contributed by atoms with van der Waals surface area (Å²) in [4.78, 5) is 2.30. The molecule has 2 nitrogen and oxygen atoms in total. The fourth-order valence-corrected chi connectivity index (χ4v) is 2.33. The summed E-state index contributed by atoms with van der Waals surface area (Å²) < 4.78 is 0. The number of nitrogens with one attached hydrogen (secondary N) is 1. The van der Waals surface area contributed by atoms with Gasteiger partial charge in [-0.25, -0.2) is 0 Å². The Morgan fingerprint density at radius 3 is 2.64 bits per heavy atom. The summed E-state index contributed by atoms with van der Waals surface area (Å²) in [7, 11) is 1.91. The zero-order chi connectivity index (χ0) is 10.6. The summed E-state index contributed by atoms with van der Waals surface area (Å²) >= 11 is 5.25. The molecule has 1 atom stereocenters. The van der Waals surface area contributed by atoms with Gasteiger partial charge in [-0.05, 0) is 43.3 Å². The zero-order valence-electron chi connectivity index (χ0n) is 9.55. The molecule has 0 aromatic carbocycles. The maximum Gasteiger partial charge on any atom is 0.168 e. The maximum absolute atomic E-state index is 5.25. The van der Waals surface area contributed by atoms with Crippen molar-refractivity contribution in [2.75, 3.05) is 20.1 Å². The van der Waals surface area contributed by atoms with Crippen LogP contribution in [-0.4, -0.2) is 30.1 Å². The van der Waals surface area contributed by atoms with Crippen molar-refractivity contribution in [3.63, 3.8) is 0 Å². The first-order valence-corrected chi connectivity index (χ1v) is 6.02. The third-order valence-corrected chi connectivity index (χ3v) is 3.68. The Balaban J connectivity index is 2.44. The summed E-state index contributed by atoms with van der Waals surface area (Å²) in [6, 6.07) is 0. The van der Waals surface area contributed by atoms with Crippen molar-refractivity contribution in [2.24, 2.45) is 11.8 Å². The molecule has 0 radical (unpaired) electrons. The molecule has 0 aliphatic carbocycles. The molecule has 1 rings (SSSR count). The molecule has 0 saturated carbocycles. The van der Waals surface area contributed by atoms with E-state index in [-0.39, 0.29) is 0 Å². The van der Waals surface area contributed by atoms with Gasteiger partial charge in [-0.1, -0.05) is 13.8 Å². The fraction of sp³-hybridized carbons (Fsp3) is 0.909. The molecular formula is C11H22N2S. The largest absolute Gasteiger partial charge is 0.366 e. The second-order valence-electron chi connectivity index (χ2n) is 4.48. The summed E-state index contributed by atoms with van der Waals surface area (Å²) in [5, 5.41) is 3.98. The molecule has 1 fully saturated rings. The number of thiocarbonyl (C=S) groups is 1. The van der Waals surface area contributed by atoms with Gasteiger partial charge >= 0.3 is 0 Å². The standard InChI is InChI=1S/C11H22N2S/c1-9(2)10-5-4-7-13(8-6-10)11(14)12-3/h9-10H,4-8H2,1-3H3,(H,12,14). The molecule has 82 valence electrons. The Hall–Kier alpha value is -0.310. The predicted molar refractivity (Wildman–Crippen MR) is 65.4 cm³/mol. The molecule has 0 spiro atoms. The Bertz CT molecular complexity index is 192. The normalized spacial score (nSPS) is 23.4. The molecule has 1 heterocycles. The van der Waals surface area contributed by atoms with Gasteiger partial charge in [0.1, 0.15) is 0 Å². The quantitative estimate of drug-likeness (QED) is 0.674. The van der Waals surface area contributed by atoms with Gasteiger partial charge < -0.3 is 10.2 Å². The van der Waals surface area contributed by atoms with E-state index in [9.17, 15) is 0 Å². The van der Waals surface area contributed by atoms with Crippen LogP contribution in [0.15, 0.2) is 0 Å². The van der Waals surface area contributed by atoms with E-state index in [4.69, 9.17) is 12.2 Å². The highest BCUT2D eigenvalue weighted by atomic mass is 32.1. The Labute approximate surface area is 93.1 Å². The first kappa shape index (κ1) is 11.8. The van der Waals surface area contributed by atoms with E-state index in [0.717, 1.165) is 30.0 Å². The number of hydrogen-bond acceptors (Lipinski definition) is 1. The van der Waals surface area contributed by atoms with Crippen LogP contribution in [0.1, 0.15) is 33.1 Å². The molecule has 3 heteroatoms. The minimum absolute atomic E-state index is 0.818. The van der Waals surface area contributed by atoms with E-state index in [1.807, 2.05) is 7.05 Å². The first-order chi connectivity index (χ1) is 6.65. The second kappa shape index (κ2) is 5.54. The Morgan fingerprint density at radius 1 is 1.36 bits per heavy atom. The molecule has 0 amide bonds. The van der Waals surface area contributed by atoms with Gasteiger partial charge in [-0.3, -0.25) is 0 Å². The van der Waals surface area contributed by atoms with E-state index in [2.05, 4.69) is 24.1 Å². The van der Waals surface area contributed by atoms with Crippen LogP contribution in [0.3, 0.4) is 0 Å².